The Morgan fingerprint density at radius 1 is 1.27 bits per heavy atom. The Morgan fingerprint density at radius 3 is 2.36 bits per heavy atom. The van der Waals surface area contributed by atoms with E-state index in [9.17, 15) is 4.79 Å². The van der Waals surface area contributed by atoms with Crippen LogP contribution in [-0.4, -0.2) is 52.9 Å². The van der Waals surface area contributed by atoms with Gasteiger partial charge in [-0.25, -0.2) is 0 Å². The summed E-state index contributed by atoms with van der Waals surface area (Å²) in [5.41, 5.74) is -0.613. The first-order valence-corrected chi connectivity index (χ1v) is 8.67. The minimum Gasteiger partial charge on any atom is -0.342 e. The lowest BCUT2D eigenvalue weighted by atomic mass is 9.90. The highest BCUT2D eigenvalue weighted by Gasteiger charge is 2.47. The summed E-state index contributed by atoms with van der Waals surface area (Å²) in [6, 6.07) is 0.0806. The molecule has 1 amide bonds. The highest BCUT2D eigenvalue weighted by molar-refractivity contribution is 6.07. The van der Waals surface area contributed by atoms with Crippen molar-refractivity contribution in [2.45, 2.75) is 72.4 Å². The number of nitrogens with one attached hydrogen (secondary N) is 2. The third-order valence-corrected chi connectivity index (χ3v) is 4.57. The zero-order valence-electron chi connectivity index (χ0n) is 15.2. The van der Waals surface area contributed by atoms with E-state index in [-0.39, 0.29) is 17.9 Å². The number of rotatable bonds is 9. The van der Waals surface area contributed by atoms with E-state index in [2.05, 4.69) is 44.8 Å². The molecule has 0 aromatic heterocycles. The molecule has 1 saturated heterocycles. The highest BCUT2D eigenvalue weighted by atomic mass is 16.2. The van der Waals surface area contributed by atoms with Crippen LogP contribution in [0, 0.1) is 11.3 Å². The minimum atomic E-state index is -0.613. The van der Waals surface area contributed by atoms with E-state index >= 15 is 0 Å². The fourth-order valence-corrected chi connectivity index (χ4v) is 3.40. The molecule has 0 aliphatic carbocycles. The third kappa shape index (κ3) is 4.45. The second-order valence-electron chi connectivity index (χ2n) is 7.10. The number of guanidine groups is 1. The molecule has 2 atom stereocenters. The van der Waals surface area contributed by atoms with E-state index in [1.807, 2.05) is 6.92 Å². The number of nitrogens with zero attached hydrogens (tertiary/aromatic N) is 2. The molecule has 0 radical (unpaired) electrons. The van der Waals surface area contributed by atoms with Crippen molar-refractivity contribution in [3.63, 3.8) is 0 Å². The van der Waals surface area contributed by atoms with Crippen molar-refractivity contribution in [1.82, 2.24) is 15.1 Å². The molecule has 0 bridgehead atoms. The topological polar surface area (TPSA) is 59.4 Å². The van der Waals surface area contributed by atoms with Crippen LogP contribution in [-0.2, 0) is 4.79 Å². The minimum absolute atomic E-state index is 0.0570. The van der Waals surface area contributed by atoms with Gasteiger partial charge in [-0.2, -0.15) is 0 Å². The second kappa shape index (κ2) is 7.95. The van der Waals surface area contributed by atoms with Crippen molar-refractivity contribution in [2.24, 2.45) is 5.92 Å². The molecule has 0 spiro atoms. The van der Waals surface area contributed by atoms with Gasteiger partial charge in [-0.3, -0.25) is 15.1 Å². The molecule has 0 saturated carbocycles. The normalized spacial score (nSPS) is 23.5. The number of carbonyl (C=O) groups is 1. The van der Waals surface area contributed by atoms with Gasteiger partial charge < -0.3 is 10.2 Å². The van der Waals surface area contributed by atoms with Crippen molar-refractivity contribution in [3.8, 4) is 0 Å². The molecule has 1 fully saturated rings. The van der Waals surface area contributed by atoms with E-state index in [1.165, 1.54) is 0 Å². The lowest BCUT2D eigenvalue weighted by Gasteiger charge is -2.27. The second-order valence-corrected chi connectivity index (χ2v) is 7.10. The van der Waals surface area contributed by atoms with Gasteiger partial charge in [0.05, 0.1) is 0 Å². The quantitative estimate of drug-likeness (QED) is 0.688. The Bertz CT molecular complexity index is 392. The Balaban J connectivity index is 2.60. The van der Waals surface area contributed by atoms with Crippen LogP contribution in [0.5, 0.6) is 0 Å². The van der Waals surface area contributed by atoms with Gasteiger partial charge in [-0.1, -0.05) is 27.7 Å². The summed E-state index contributed by atoms with van der Waals surface area (Å²) in [7, 11) is 0. The molecule has 5 nitrogen and oxygen atoms in total. The summed E-state index contributed by atoms with van der Waals surface area (Å²) in [5, 5.41) is 11.3. The Hall–Kier alpha value is -1.10. The Kier molecular flexibility index (Phi) is 6.85. The smallest absolute Gasteiger partial charge is 0.254 e. The molecule has 128 valence electrons. The van der Waals surface area contributed by atoms with Gasteiger partial charge in [0.15, 0.2) is 5.96 Å². The van der Waals surface area contributed by atoms with Crippen molar-refractivity contribution in [3.05, 3.63) is 0 Å². The fourth-order valence-electron chi connectivity index (χ4n) is 3.40. The van der Waals surface area contributed by atoms with Crippen LogP contribution in [0.4, 0.5) is 0 Å². The molecule has 1 aliphatic rings. The third-order valence-electron chi connectivity index (χ3n) is 4.57. The van der Waals surface area contributed by atoms with E-state index in [0.717, 1.165) is 38.9 Å². The van der Waals surface area contributed by atoms with E-state index < -0.39 is 5.54 Å². The van der Waals surface area contributed by atoms with Gasteiger partial charge in [-0.05, 0) is 58.7 Å². The van der Waals surface area contributed by atoms with Crippen LogP contribution in [0.3, 0.4) is 0 Å². The Morgan fingerprint density at radius 2 is 1.86 bits per heavy atom. The van der Waals surface area contributed by atoms with E-state index in [4.69, 9.17) is 5.41 Å². The maximum absolute atomic E-state index is 12.7. The van der Waals surface area contributed by atoms with Gasteiger partial charge in [0.2, 0.25) is 0 Å². The number of hydrogen-bond donors (Lipinski definition) is 2. The summed E-state index contributed by atoms with van der Waals surface area (Å²) in [4.78, 5) is 16.8. The molecule has 0 aromatic carbocycles. The highest BCUT2D eigenvalue weighted by Crippen LogP contribution is 2.27. The number of amides is 1. The molecular weight excluding hydrogens is 276 g/mol. The molecule has 2 unspecified atom stereocenters. The zero-order chi connectivity index (χ0) is 16.9. The summed E-state index contributed by atoms with van der Waals surface area (Å²) in [6.07, 6.45) is 2.75. The van der Waals surface area contributed by atoms with Gasteiger partial charge >= 0.3 is 0 Å². The summed E-state index contributed by atoms with van der Waals surface area (Å²) in [5.74, 6) is 0.747. The lowest BCUT2D eigenvalue weighted by Crippen LogP contribution is -2.46. The first kappa shape index (κ1) is 18.9. The number of hydrogen-bond acceptors (Lipinski definition) is 3. The van der Waals surface area contributed by atoms with Crippen molar-refractivity contribution < 1.29 is 4.79 Å². The monoisotopic (exact) mass is 310 g/mol. The van der Waals surface area contributed by atoms with Crippen LogP contribution < -0.4 is 5.32 Å². The van der Waals surface area contributed by atoms with Crippen LogP contribution in [0.15, 0.2) is 0 Å². The lowest BCUT2D eigenvalue weighted by molar-refractivity contribution is -0.132. The van der Waals surface area contributed by atoms with Crippen molar-refractivity contribution >= 4 is 11.9 Å². The molecule has 2 N–H and O–H groups in total. The summed E-state index contributed by atoms with van der Waals surface area (Å²) in [6.45, 7) is 15.7. The molecule has 1 rings (SSSR count). The van der Waals surface area contributed by atoms with Gasteiger partial charge in [0.1, 0.15) is 5.54 Å². The maximum atomic E-state index is 12.7. The van der Waals surface area contributed by atoms with Crippen LogP contribution >= 0.6 is 0 Å². The van der Waals surface area contributed by atoms with E-state index in [0.29, 0.717) is 5.92 Å². The van der Waals surface area contributed by atoms with Gasteiger partial charge in [-0.15, -0.1) is 0 Å². The zero-order valence-corrected chi connectivity index (χ0v) is 15.2. The van der Waals surface area contributed by atoms with Crippen LogP contribution in [0.2, 0.25) is 0 Å². The number of carbonyl (C=O) groups excluding carboxylic acids is 1. The average Bonchev–Trinajstić information content (AvgIpc) is 2.63. The predicted molar refractivity (Wildman–Crippen MR) is 92.1 cm³/mol. The SMILES string of the molecule is CCN(CC)CCCC(C)N1C(=N)NC(C)(CC(C)C)C1=O. The average molecular weight is 310 g/mol. The Labute approximate surface area is 135 Å². The first-order chi connectivity index (χ1) is 10.2. The molecule has 1 aliphatic heterocycles. The fraction of sp³-hybridized carbons (Fsp3) is 0.882. The van der Waals surface area contributed by atoms with Crippen molar-refractivity contribution in [1.29, 1.82) is 5.41 Å². The standard InChI is InChI=1S/C17H34N4O/c1-7-20(8-2)11-9-10-14(5)21-15(22)17(6,12-13(3)4)19-16(21)18/h13-14H,7-12H2,1-6H3,(H2,18,19). The van der Waals surface area contributed by atoms with Gasteiger partial charge in [0, 0.05) is 6.04 Å². The van der Waals surface area contributed by atoms with Crippen molar-refractivity contribution in [2.75, 3.05) is 19.6 Å². The predicted octanol–water partition coefficient (Wildman–Crippen LogP) is 2.67. The van der Waals surface area contributed by atoms with E-state index in [1.54, 1.807) is 4.90 Å². The van der Waals surface area contributed by atoms with Crippen LogP contribution in [0.1, 0.15) is 60.8 Å². The first-order valence-electron chi connectivity index (χ1n) is 8.67. The summed E-state index contributed by atoms with van der Waals surface area (Å²) < 4.78 is 0. The van der Waals surface area contributed by atoms with Gasteiger partial charge in [0.25, 0.3) is 5.91 Å². The maximum Gasteiger partial charge on any atom is 0.254 e. The van der Waals surface area contributed by atoms with Crippen LogP contribution in [0.25, 0.3) is 0 Å². The molecular formula is C17H34N4O. The molecule has 1 heterocycles. The molecule has 22 heavy (non-hydrogen) atoms. The molecule has 0 aromatic rings. The molecule has 5 heteroatoms. The largest absolute Gasteiger partial charge is 0.342 e. The summed E-state index contributed by atoms with van der Waals surface area (Å²) >= 11 is 0.